The molecule has 440 valence electrons. The fourth-order valence-corrected chi connectivity index (χ4v) is 14.7. The summed E-state index contributed by atoms with van der Waals surface area (Å²) in [5.74, 6) is 0. The zero-order valence-corrected chi connectivity index (χ0v) is 51.4. The second-order valence-electron chi connectivity index (χ2n) is 24.4. The summed E-state index contributed by atoms with van der Waals surface area (Å²) >= 11 is 0. The van der Waals surface area contributed by atoms with Crippen molar-refractivity contribution < 1.29 is 0 Å². The maximum atomic E-state index is 2.40. The van der Waals surface area contributed by atoms with Gasteiger partial charge >= 0.3 is 0 Å². The normalized spacial score (nSPS) is 11.6. The Labute approximate surface area is 544 Å². The molecule has 0 fully saturated rings. The molecule has 19 rings (SSSR count). The maximum absolute atomic E-state index is 2.40. The third kappa shape index (κ3) is 9.22. The Bertz CT molecular complexity index is 5840. The summed E-state index contributed by atoms with van der Waals surface area (Å²) in [5.41, 5.74) is 26.6. The third-order valence-corrected chi connectivity index (χ3v) is 19.1. The molecule has 4 nitrogen and oxygen atoms in total. The molecule has 94 heavy (non-hydrogen) atoms. The molecule has 4 heterocycles. The van der Waals surface area contributed by atoms with Crippen LogP contribution in [0.4, 0.5) is 0 Å². The highest BCUT2D eigenvalue weighted by Crippen LogP contribution is 2.43. The molecule has 0 aliphatic rings. The Balaban J connectivity index is 0.000000139. The molecule has 4 heteroatoms. The molecule has 0 unspecified atom stereocenters. The number of aromatic nitrogens is 4. The third-order valence-electron chi connectivity index (χ3n) is 19.1. The standard InChI is InChI=1S/C48H32N2.C42H28N2/c1-3-11-33(12-4-1)35-19-25-39(26-20-35)49-45-17-9-7-15-41(45)43-31-37(23-29-47(43)49)38-24-30-48-44(32-38)42-16-8-10-18-46(42)50(48)40-27-21-36(22-28-40)34-13-5-2-6-14-34;1-4-13-29(14-5-1)34-20-12-22-41-42(34)37-28-31(24-26-40(37)44(41)33-17-8-3-9-18-33)30-23-25-39-36(27-30)35-19-10-11-21-38(35)43(39)32-15-6-2-7-16-32/h1-32H;1-28H. The minimum absolute atomic E-state index is 1.16. The minimum atomic E-state index is 1.16. The predicted octanol–water partition coefficient (Wildman–Crippen LogP) is 24.1. The van der Waals surface area contributed by atoms with E-state index in [1.54, 1.807) is 0 Å². The number of rotatable bonds is 9. The van der Waals surface area contributed by atoms with Gasteiger partial charge < -0.3 is 18.3 Å². The summed E-state index contributed by atoms with van der Waals surface area (Å²) in [4.78, 5) is 0. The van der Waals surface area contributed by atoms with Crippen LogP contribution in [0.25, 0.3) is 166 Å². The number of hydrogen-bond donors (Lipinski definition) is 0. The summed E-state index contributed by atoms with van der Waals surface area (Å²) in [6, 6.07) is 132. The lowest BCUT2D eigenvalue weighted by atomic mass is 9.97. The van der Waals surface area contributed by atoms with Crippen LogP contribution in [0, 0.1) is 0 Å². The predicted molar refractivity (Wildman–Crippen MR) is 397 cm³/mol. The van der Waals surface area contributed by atoms with Crippen LogP contribution in [0.1, 0.15) is 0 Å². The molecule has 0 N–H and O–H groups in total. The molecule has 4 aromatic heterocycles. The van der Waals surface area contributed by atoms with Gasteiger partial charge in [0.15, 0.2) is 0 Å². The van der Waals surface area contributed by atoms with Gasteiger partial charge in [-0.05, 0) is 177 Å². The van der Waals surface area contributed by atoms with Crippen molar-refractivity contribution in [3.8, 4) is 78.4 Å². The van der Waals surface area contributed by atoms with Crippen LogP contribution in [-0.2, 0) is 0 Å². The SMILES string of the molecule is c1ccc(-c2ccc(-n3c4ccccc4c4cc(-c5ccc6c(c5)c5ccccc5n6-c5ccc(-c6ccccc6)cc5)ccc43)cc2)cc1.c1ccc(-c2cccc3c2c2cc(-c4ccc5c(c4)c4ccccc4n5-c4ccccc4)ccc2n3-c2ccccc2)cc1. The summed E-state index contributed by atoms with van der Waals surface area (Å²) in [7, 11) is 0. The van der Waals surface area contributed by atoms with Gasteiger partial charge in [-0.3, -0.25) is 0 Å². The molecule has 0 spiro atoms. The van der Waals surface area contributed by atoms with Gasteiger partial charge in [0.25, 0.3) is 0 Å². The Morgan fingerprint density at radius 3 is 0.777 bits per heavy atom. The lowest BCUT2D eigenvalue weighted by molar-refractivity contribution is 1.18. The van der Waals surface area contributed by atoms with Crippen molar-refractivity contribution in [3.05, 3.63) is 364 Å². The van der Waals surface area contributed by atoms with Gasteiger partial charge in [0.1, 0.15) is 0 Å². The van der Waals surface area contributed by atoms with Crippen molar-refractivity contribution in [1.82, 2.24) is 18.3 Å². The molecule has 0 saturated heterocycles. The van der Waals surface area contributed by atoms with E-state index in [2.05, 4.69) is 382 Å². The topological polar surface area (TPSA) is 19.7 Å². The highest BCUT2D eigenvalue weighted by Gasteiger charge is 2.21. The van der Waals surface area contributed by atoms with Crippen molar-refractivity contribution >= 4 is 87.2 Å². The largest absolute Gasteiger partial charge is 0.309 e. The van der Waals surface area contributed by atoms with Crippen LogP contribution >= 0.6 is 0 Å². The number of para-hydroxylation sites is 5. The van der Waals surface area contributed by atoms with E-state index in [0.717, 1.165) is 11.4 Å². The minimum Gasteiger partial charge on any atom is -0.309 e. The van der Waals surface area contributed by atoms with Crippen LogP contribution in [0.2, 0.25) is 0 Å². The highest BCUT2D eigenvalue weighted by molar-refractivity contribution is 6.18. The highest BCUT2D eigenvalue weighted by atomic mass is 15.0. The maximum Gasteiger partial charge on any atom is 0.0547 e. The van der Waals surface area contributed by atoms with E-state index < -0.39 is 0 Å². The molecule has 0 bridgehead atoms. The number of benzene rings is 15. The van der Waals surface area contributed by atoms with Crippen molar-refractivity contribution in [2.24, 2.45) is 0 Å². The average Bonchev–Trinajstić information content (AvgIpc) is 1.61. The van der Waals surface area contributed by atoms with Crippen LogP contribution in [0.15, 0.2) is 364 Å². The van der Waals surface area contributed by atoms with Crippen LogP contribution in [0.5, 0.6) is 0 Å². The van der Waals surface area contributed by atoms with Crippen LogP contribution in [-0.4, -0.2) is 18.3 Å². The van der Waals surface area contributed by atoms with E-state index in [0.29, 0.717) is 0 Å². The summed E-state index contributed by atoms with van der Waals surface area (Å²) in [6.07, 6.45) is 0. The molecule has 0 saturated carbocycles. The summed E-state index contributed by atoms with van der Waals surface area (Å²) < 4.78 is 9.56. The second-order valence-corrected chi connectivity index (χ2v) is 24.4. The van der Waals surface area contributed by atoms with Gasteiger partial charge in [0, 0.05) is 65.8 Å². The Morgan fingerprint density at radius 1 is 0.138 bits per heavy atom. The zero-order valence-electron chi connectivity index (χ0n) is 51.4. The summed E-state index contributed by atoms with van der Waals surface area (Å²) in [5, 5.41) is 10.1. The first kappa shape index (κ1) is 54.4. The van der Waals surface area contributed by atoms with Gasteiger partial charge in [0.2, 0.25) is 0 Å². The van der Waals surface area contributed by atoms with Gasteiger partial charge in [-0.25, -0.2) is 0 Å². The van der Waals surface area contributed by atoms with Crippen molar-refractivity contribution in [1.29, 1.82) is 0 Å². The molecule has 15 aromatic carbocycles. The molecule has 0 atom stereocenters. The lowest BCUT2D eigenvalue weighted by Gasteiger charge is -2.11. The fraction of sp³-hybridized carbons (Fsp3) is 0. The first-order chi connectivity index (χ1) is 46.6. The average molecular weight is 1200 g/mol. The van der Waals surface area contributed by atoms with Crippen molar-refractivity contribution in [2.45, 2.75) is 0 Å². The fourth-order valence-electron chi connectivity index (χ4n) is 14.7. The quantitative estimate of drug-likeness (QED) is 0.137. The number of fused-ring (bicyclic) bond motifs is 12. The molecule has 0 aliphatic heterocycles. The zero-order chi connectivity index (χ0) is 62.1. The van der Waals surface area contributed by atoms with Gasteiger partial charge in [-0.2, -0.15) is 0 Å². The van der Waals surface area contributed by atoms with E-state index >= 15 is 0 Å². The van der Waals surface area contributed by atoms with Gasteiger partial charge in [0.05, 0.1) is 44.1 Å². The van der Waals surface area contributed by atoms with Gasteiger partial charge in [-0.1, -0.05) is 243 Å². The van der Waals surface area contributed by atoms with E-state index in [4.69, 9.17) is 0 Å². The first-order valence-corrected chi connectivity index (χ1v) is 32.3. The van der Waals surface area contributed by atoms with E-state index in [1.165, 1.54) is 154 Å². The smallest absolute Gasteiger partial charge is 0.0547 e. The molecule has 0 aliphatic carbocycles. The monoisotopic (exact) mass is 1200 g/mol. The summed E-state index contributed by atoms with van der Waals surface area (Å²) in [6.45, 7) is 0. The molecular weight excluding hydrogens is 1140 g/mol. The molecule has 0 amide bonds. The Hall–Kier alpha value is -12.5. The number of hydrogen-bond acceptors (Lipinski definition) is 0. The van der Waals surface area contributed by atoms with E-state index in [-0.39, 0.29) is 0 Å². The van der Waals surface area contributed by atoms with Crippen molar-refractivity contribution in [3.63, 3.8) is 0 Å². The van der Waals surface area contributed by atoms with Crippen LogP contribution < -0.4 is 0 Å². The van der Waals surface area contributed by atoms with Crippen LogP contribution in [0.3, 0.4) is 0 Å². The molecule has 0 radical (unpaired) electrons. The number of nitrogens with zero attached hydrogens (tertiary/aromatic N) is 4. The van der Waals surface area contributed by atoms with E-state index in [1.807, 2.05) is 0 Å². The Morgan fingerprint density at radius 2 is 0.394 bits per heavy atom. The Kier molecular flexibility index (Phi) is 13.2. The first-order valence-electron chi connectivity index (χ1n) is 32.3. The molecule has 19 aromatic rings. The van der Waals surface area contributed by atoms with E-state index in [9.17, 15) is 0 Å². The van der Waals surface area contributed by atoms with Crippen molar-refractivity contribution in [2.75, 3.05) is 0 Å². The second kappa shape index (κ2) is 22.8. The molecular formula is C90H60N4. The lowest BCUT2D eigenvalue weighted by Crippen LogP contribution is -1.94. The van der Waals surface area contributed by atoms with Gasteiger partial charge in [-0.15, -0.1) is 0 Å².